The molecule has 1 amide bonds. The highest BCUT2D eigenvalue weighted by atomic mass is 35.5. The van der Waals surface area contributed by atoms with Crippen LogP contribution in [0.2, 0.25) is 5.02 Å². The summed E-state index contributed by atoms with van der Waals surface area (Å²) >= 11 is 7.49. The summed E-state index contributed by atoms with van der Waals surface area (Å²) in [6.07, 6.45) is 0. The van der Waals surface area contributed by atoms with Crippen LogP contribution in [0.1, 0.15) is 20.8 Å². The van der Waals surface area contributed by atoms with Crippen molar-refractivity contribution in [2.24, 2.45) is 0 Å². The number of nitrogens with zero attached hydrogens (tertiary/aromatic N) is 1. The summed E-state index contributed by atoms with van der Waals surface area (Å²) < 4.78 is 0. The second-order valence-electron chi connectivity index (χ2n) is 4.19. The SMILES string of the molecule is Cc1ccsc1CN(C)C(=O)c1ccc(Cl)cc1. The summed E-state index contributed by atoms with van der Waals surface area (Å²) in [6.45, 7) is 2.71. The molecule has 1 aromatic heterocycles. The third-order valence-corrected chi connectivity index (χ3v) is 4.05. The van der Waals surface area contributed by atoms with E-state index in [0.717, 1.165) is 0 Å². The van der Waals surface area contributed by atoms with Gasteiger partial charge in [-0.3, -0.25) is 4.79 Å². The molecule has 0 aliphatic carbocycles. The second-order valence-corrected chi connectivity index (χ2v) is 5.63. The molecule has 18 heavy (non-hydrogen) atoms. The number of amides is 1. The highest BCUT2D eigenvalue weighted by molar-refractivity contribution is 7.10. The van der Waals surface area contributed by atoms with Crippen molar-refractivity contribution >= 4 is 28.8 Å². The van der Waals surface area contributed by atoms with E-state index >= 15 is 0 Å². The molecule has 0 aliphatic heterocycles. The minimum atomic E-state index is 0.0134. The summed E-state index contributed by atoms with van der Waals surface area (Å²) in [7, 11) is 1.82. The molecular formula is C14H14ClNOS. The van der Waals surface area contributed by atoms with E-state index in [1.165, 1.54) is 10.4 Å². The molecule has 4 heteroatoms. The Balaban J connectivity index is 2.09. The number of thiophene rings is 1. The molecule has 0 bridgehead atoms. The fourth-order valence-corrected chi connectivity index (χ4v) is 2.75. The number of benzene rings is 1. The standard InChI is InChI=1S/C14H14ClNOS/c1-10-7-8-18-13(10)9-16(2)14(17)11-3-5-12(15)6-4-11/h3-8H,9H2,1-2H3. The maximum atomic E-state index is 12.2. The molecule has 0 radical (unpaired) electrons. The van der Waals surface area contributed by atoms with Crippen molar-refractivity contribution in [1.82, 2.24) is 4.90 Å². The van der Waals surface area contributed by atoms with E-state index in [-0.39, 0.29) is 5.91 Å². The van der Waals surface area contributed by atoms with Gasteiger partial charge in [-0.05, 0) is 48.2 Å². The third kappa shape index (κ3) is 2.92. The van der Waals surface area contributed by atoms with Crippen LogP contribution in [-0.2, 0) is 6.54 Å². The topological polar surface area (TPSA) is 20.3 Å². The fourth-order valence-electron chi connectivity index (χ4n) is 1.67. The van der Waals surface area contributed by atoms with Gasteiger partial charge in [0.25, 0.3) is 5.91 Å². The van der Waals surface area contributed by atoms with Crippen LogP contribution < -0.4 is 0 Å². The molecule has 2 rings (SSSR count). The lowest BCUT2D eigenvalue weighted by atomic mass is 10.2. The van der Waals surface area contributed by atoms with Crippen molar-refractivity contribution in [3.8, 4) is 0 Å². The minimum Gasteiger partial charge on any atom is -0.337 e. The normalized spacial score (nSPS) is 10.4. The maximum Gasteiger partial charge on any atom is 0.253 e. The van der Waals surface area contributed by atoms with Crippen LogP contribution in [0.5, 0.6) is 0 Å². The van der Waals surface area contributed by atoms with Crippen LogP contribution in [0, 0.1) is 6.92 Å². The zero-order valence-corrected chi connectivity index (χ0v) is 11.9. The second kappa shape index (κ2) is 5.55. The van der Waals surface area contributed by atoms with Gasteiger partial charge in [-0.2, -0.15) is 0 Å². The van der Waals surface area contributed by atoms with E-state index < -0.39 is 0 Å². The first-order valence-electron chi connectivity index (χ1n) is 5.62. The van der Waals surface area contributed by atoms with Crippen LogP contribution in [0.4, 0.5) is 0 Å². The molecule has 2 nitrogen and oxygen atoms in total. The monoisotopic (exact) mass is 279 g/mol. The summed E-state index contributed by atoms with van der Waals surface area (Å²) in [4.78, 5) is 15.1. The smallest absolute Gasteiger partial charge is 0.253 e. The Bertz CT molecular complexity index is 547. The zero-order chi connectivity index (χ0) is 13.1. The number of carbonyl (C=O) groups is 1. The summed E-state index contributed by atoms with van der Waals surface area (Å²) in [6, 6.07) is 9.05. The van der Waals surface area contributed by atoms with Crippen molar-refractivity contribution in [2.75, 3.05) is 7.05 Å². The van der Waals surface area contributed by atoms with E-state index in [4.69, 9.17) is 11.6 Å². The summed E-state index contributed by atoms with van der Waals surface area (Å²) in [5, 5.41) is 2.69. The van der Waals surface area contributed by atoms with Crippen molar-refractivity contribution in [3.63, 3.8) is 0 Å². The molecule has 94 valence electrons. The third-order valence-electron chi connectivity index (χ3n) is 2.79. The highest BCUT2D eigenvalue weighted by Gasteiger charge is 2.13. The molecule has 0 N–H and O–H groups in total. The molecule has 1 heterocycles. The molecule has 0 spiro atoms. The first kappa shape index (κ1) is 13.1. The van der Waals surface area contributed by atoms with Crippen LogP contribution >= 0.6 is 22.9 Å². The predicted molar refractivity (Wildman–Crippen MR) is 76.3 cm³/mol. The number of rotatable bonds is 3. The van der Waals surface area contributed by atoms with E-state index in [9.17, 15) is 4.79 Å². The van der Waals surface area contributed by atoms with Gasteiger partial charge in [0.1, 0.15) is 0 Å². The fraction of sp³-hybridized carbons (Fsp3) is 0.214. The van der Waals surface area contributed by atoms with Gasteiger partial charge in [0.2, 0.25) is 0 Å². The number of halogens is 1. The number of carbonyl (C=O) groups excluding carboxylic acids is 1. The number of aryl methyl sites for hydroxylation is 1. The van der Waals surface area contributed by atoms with Crippen molar-refractivity contribution < 1.29 is 4.79 Å². The van der Waals surface area contributed by atoms with Gasteiger partial charge in [-0.25, -0.2) is 0 Å². The largest absolute Gasteiger partial charge is 0.337 e. The van der Waals surface area contributed by atoms with Crippen molar-refractivity contribution in [2.45, 2.75) is 13.5 Å². The molecule has 0 atom stereocenters. The van der Waals surface area contributed by atoms with Crippen molar-refractivity contribution in [1.29, 1.82) is 0 Å². The van der Waals surface area contributed by atoms with Crippen molar-refractivity contribution in [3.05, 3.63) is 56.7 Å². The molecular weight excluding hydrogens is 266 g/mol. The Kier molecular flexibility index (Phi) is 4.04. The molecule has 0 saturated heterocycles. The first-order valence-corrected chi connectivity index (χ1v) is 6.87. The lowest BCUT2D eigenvalue weighted by Crippen LogP contribution is -2.25. The lowest BCUT2D eigenvalue weighted by molar-refractivity contribution is 0.0786. The van der Waals surface area contributed by atoms with E-state index in [1.54, 1.807) is 40.5 Å². The van der Waals surface area contributed by atoms with E-state index in [0.29, 0.717) is 17.1 Å². The van der Waals surface area contributed by atoms with Gasteiger partial charge in [-0.15, -0.1) is 11.3 Å². The number of hydrogen-bond acceptors (Lipinski definition) is 2. The first-order chi connectivity index (χ1) is 8.58. The predicted octanol–water partition coefficient (Wildman–Crippen LogP) is 3.98. The number of hydrogen-bond donors (Lipinski definition) is 0. The van der Waals surface area contributed by atoms with Crippen LogP contribution in [-0.4, -0.2) is 17.9 Å². The Morgan fingerprint density at radius 2 is 1.94 bits per heavy atom. The highest BCUT2D eigenvalue weighted by Crippen LogP contribution is 2.18. The Hall–Kier alpha value is -1.32. The average Bonchev–Trinajstić information content (AvgIpc) is 2.75. The van der Waals surface area contributed by atoms with Gasteiger partial charge >= 0.3 is 0 Å². The van der Waals surface area contributed by atoms with Gasteiger partial charge in [-0.1, -0.05) is 11.6 Å². The zero-order valence-electron chi connectivity index (χ0n) is 10.3. The Morgan fingerprint density at radius 1 is 1.28 bits per heavy atom. The Morgan fingerprint density at radius 3 is 2.50 bits per heavy atom. The average molecular weight is 280 g/mol. The maximum absolute atomic E-state index is 12.2. The van der Waals surface area contributed by atoms with Gasteiger partial charge in [0, 0.05) is 22.5 Å². The molecule has 0 unspecified atom stereocenters. The van der Waals surface area contributed by atoms with Gasteiger partial charge in [0.15, 0.2) is 0 Å². The van der Waals surface area contributed by atoms with Crippen LogP contribution in [0.25, 0.3) is 0 Å². The molecule has 0 saturated carbocycles. The summed E-state index contributed by atoms with van der Waals surface area (Å²) in [5.74, 6) is 0.0134. The van der Waals surface area contributed by atoms with Crippen LogP contribution in [0.3, 0.4) is 0 Å². The molecule has 2 aromatic rings. The quantitative estimate of drug-likeness (QED) is 0.832. The van der Waals surface area contributed by atoms with Gasteiger partial charge < -0.3 is 4.90 Å². The summed E-state index contributed by atoms with van der Waals surface area (Å²) in [5.41, 5.74) is 1.90. The van der Waals surface area contributed by atoms with Gasteiger partial charge in [0.05, 0.1) is 6.54 Å². The molecule has 1 aromatic carbocycles. The molecule has 0 aliphatic rings. The van der Waals surface area contributed by atoms with E-state index in [1.807, 2.05) is 12.4 Å². The minimum absolute atomic E-state index is 0.0134. The molecule has 0 fully saturated rings. The van der Waals surface area contributed by atoms with E-state index in [2.05, 4.69) is 13.0 Å². The lowest BCUT2D eigenvalue weighted by Gasteiger charge is -2.17. The van der Waals surface area contributed by atoms with Crippen LogP contribution in [0.15, 0.2) is 35.7 Å². The Labute approximate surface area is 116 Å².